The SMILES string of the molecule is O=C(c1ccc2c(c1)C(=O)N(C1CCCCC1)C2=O)N1CCC(Nc2ccccc2)C1. The standard InChI is InChI=1S/C25H27N3O3/c29-23(27-14-13-19(16-27)26-18-7-3-1-4-8-18)17-11-12-21-22(15-17)25(31)28(24(21)30)20-9-5-2-6-10-20/h1,3-4,7-8,11-12,15,19-20,26H,2,5-6,9-10,13-14,16H2. The summed E-state index contributed by atoms with van der Waals surface area (Å²) in [7, 11) is 0. The van der Waals surface area contributed by atoms with E-state index in [4.69, 9.17) is 0 Å². The molecule has 3 aliphatic rings. The zero-order valence-corrected chi connectivity index (χ0v) is 17.5. The zero-order valence-electron chi connectivity index (χ0n) is 17.5. The van der Waals surface area contributed by atoms with Crippen LogP contribution in [-0.4, -0.2) is 52.7 Å². The molecule has 1 atom stereocenters. The molecule has 1 unspecified atom stereocenters. The van der Waals surface area contributed by atoms with Gasteiger partial charge in [0.2, 0.25) is 0 Å². The molecule has 0 aromatic heterocycles. The van der Waals surface area contributed by atoms with Crippen molar-refractivity contribution in [1.82, 2.24) is 9.80 Å². The monoisotopic (exact) mass is 417 g/mol. The van der Waals surface area contributed by atoms with Gasteiger partial charge in [-0.2, -0.15) is 0 Å². The van der Waals surface area contributed by atoms with E-state index in [2.05, 4.69) is 5.32 Å². The van der Waals surface area contributed by atoms with Gasteiger partial charge in [0.25, 0.3) is 17.7 Å². The van der Waals surface area contributed by atoms with Crippen molar-refractivity contribution in [3.63, 3.8) is 0 Å². The fourth-order valence-electron chi connectivity index (χ4n) is 5.08. The van der Waals surface area contributed by atoms with Gasteiger partial charge in [-0.25, -0.2) is 0 Å². The molecule has 3 amide bonds. The molecule has 0 bridgehead atoms. The molecule has 0 radical (unpaired) electrons. The molecule has 5 rings (SSSR count). The van der Waals surface area contributed by atoms with E-state index in [1.54, 1.807) is 18.2 Å². The molecule has 6 nitrogen and oxygen atoms in total. The van der Waals surface area contributed by atoms with Crippen LogP contribution in [0.5, 0.6) is 0 Å². The number of benzene rings is 2. The fraction of sp³-hybridized carbons (Fsp3) is 0.400. The Morgan fingerprint density at radius 2 is 1.61 bits per heavy atom. The third-order valence-corrected chi connectivity index (χ3v) is 6.72. The summed E-state index contributed by atoms with van der Waals surface area (Å²) in [5, 5.41) is 3.47. The Bertz CT molecular complexity index is 1010. The first-order valence-corrected chi connectivity index (χ1v) is 11.2. The number of likely N-dealkylation sites (tertiary alicyclic amines) is 1. The average Bonchev–Trinajstić information content (AvgIpc) is 3.37. The second-order valence-electron chi connectivity index (χ2n) is 8.78. The van der Waals surface area contributed by atoms with E-state index in [0.717, 1.165) is 44.2 Å². The van der Waals surface area contributed by atoms with Gasteiger partial charge in [0, 0.05) is 36.4 Å². The lowest BCUT2D eigenvalue weighted by atomic mass is 9.94. The first kappa shape index (κ1) is 19.8. The van der Waals surface area contributed by atoms with Crippen LogP contribution in [0.2, 0.25) is 0 Å². The van der Waals surface area contributed by atoms with Gasteiger partial charge in [0.15, 0.2) is 0 Å². The fourth-order valence-corrected chi connectivity index (χ4v) is 5.08. The molecule has 1 saturated heterocycles. The van der Waals surface area contributed by atoms with E-state index in [1.165, 1.54) is 4.90 Å². The Labute approximate surface area is 182 Å². The quantitative estimate of drug-likeness (QED) is 0.765. The molecule has 1 N–H and O–H groups in total. The van der Waals surface area contributed by atoms with Crippen molar-refractivity contribution < 1.29 is 14.4 Å². The summed E-state index contributed by atoms with van der Waals surface area (Å²) in [5.41, 5.74) is 2.33. The van der Waals surface area contributed by atoms with Crippen LogP contribution in [-0.2, 0) is 0 Å². The molecule has 2 fully saturated rings. The zero-order chi connectivity index (χ0) is 21.4. The Morgan fingerprint density at radius 1 is 0.871 bits per heavy atom. The molecule has 31 heavy (non-hydrogen) atoms. The first-order chi connectivity index (χ1) is 15.1. The number of imide groups is 1. The van der Waals surface area contributed by atoms with E-state index in [9.17, 15) is 14.4 Å². The first-order valence-electron chi connectivity index (χ1n) is 11.2. The lowest BCUT2D eigenvalue weighted by Gasteiger charge is -2.29. The van der Waals surface area contributed by atoms with Gasteiger partial charge in [-0.3, -0.25) is 19.3 Å². The number of hydrogen-bond donors (Lipinski definition) is 1. The van der Waals surface area contributed by atoms with Crippen LogP contribution < -0.4 is 5.32 Å². The molecular formula is C25H27N3O3. The van der Waals surface area contributed by atoms with Gasteiger partial charge in [-0.1, -0.05) is 37.5 Å². The van der Waals surface area contributed by atoms with Crippen molar-refractivity contribution >= 4 is 23.4 Å². The summed E-state index contributed by atoms with van der Waals surface area (Å²) in [5.74, 6) is -0.540. The summed E-state index contributed by atoms with van der Waals surface area (Å²) >= 11 is 0. The smallest absolute Gasteiger partial charge is 0.261 e. The number of para-hydroxylation sites is 1. The summed E-state index contributed by atoms with van der Waals surface area (Å²) in [6.45, 7) is 1.29. The molecular weight excluding hydrogens is 390 g/mol. The van der Waals surface area contributed by atoms with E-state index in [0.29, 0.717) is 29.8 Å². The van der Waals surface area contributed by atoms with Gasteiger partial charge in [0.1, 0.15) is 0 Å². The summed E-state index contributed by atoms with van der Waals surface area (Å²) in [6.07, 6.45) is 5.89. The van der Waals surface area contributed by atoms with Crippen LogP contribution in [0.3, 0.4) is 0 Å². The maximum Gasteiger partial charge on any atom is 0.261 e. The van der Waals surface area contributed by atoms with Crippen molar-refractivity contribution in [3.8, 4) is 0 Å². The lowest BCUT2D eigenvalue weighted by Crippen LogP contribution is -2.40. The number of nitrogens with zero attached hydrogens (tertiary/aromatic N) is 2. The molecule has 2 aromatic rings. The van der Waals surface area contributed by atoms with E-state index >= 15 is 0 Å². The van der Waals surface area contributed by atoms with E-state index in [1.807, 2.05) is 35.2 Å². The van der Waals surface area contributed by atoms with Gasteiger partial charge < -0.3 is 10.2 Å². The molecule has 0 spiro atoms. The number of hydrogen-bond acceptors (Lipinski definition) is 4. The number of anilines is 1. The van der Waals surface area contributed by atoms with Crippen LogP contribution in [0.1, 0.15) is 69.6 Å². The Hall–Kier alpha value is -3.15. The van der Waals surface area contributed by atoms with Crippen LogP contribution in [0, 0.1) is 0 Å². The van der Waals surface area contributed by atoms with Crippen molar-refractivity contribution in [3.05, 3.63) is 65.2 Å². The second-order valence-corrected chi connectivity index (χ2v) is 8.78. The highest BCUT2D eigenvalue weighted by atomic mass is 16.2. The highest BCUT2D eigenvalue weighted by Crippen LogP contribution is 2.32. The number of amides is 3. The minimum Gasteiger partial charge on any atom is -0.380 e. The van der Waals surface area contributed by atoms with Crippen molar-refractivity contribution in [2.45, 2.75) is 50.6 Å². The van der Waals surface area contributed by atoms with Crippen LogP contribution in [0.4, 0.5) is 5.69 Å². The third-order valence-electron chi connectivity index (χ3n) is 6.72. The Balaban J connectivity index is 1.29. The number of rotatable bonds is 4. The number of nitrogens with one attached hydrogen (secondary N) is 1. The minimum atomic E-state index is -0.244. The van der Waals surface area contributed by atoms with Crippen molar-refractivity contribution in [1.29, 1.82) is 0 Å². The van der Waals surface area contributed by atoms with Gasteiger partial charge in [0.05, 0.1) is 11.1 Å². The number of fused-ring (bicyclic) bond motifs is 1. The summed E-state index contributed by atoms with van der Waals surface area (Å²) in [6, 6.07) is 15.1. The lowest BCUT2D eigenvalue weighted by molar-refractivity contribution is 0.0548. The molecule has 2 heterocycles. The minimum absolute atomic E-state index is 0.0105. The van der Waals surface area contributed by atoms with Crippen molar-refractivity contribution in [2.24, 2.45) is 0 Å². The predicted molar refractivity (Wildman–Crippen MR) is 118 cm³/mol. The Morgan fingerprint density at radius 3 is 2.39 bits per heavy atom. The van der Waals surface area contributed by atoms with Gasteiger partial charge in [-0.15, -0.1) is 0 Å². The van der Waals surface area contributed by atoms with Crippen LogP contribution in [0.25, 0.3) is 0 Å². The maximum absolute atomic E-state index is 13.1. The van der Waals surface area contributed by atoms with Gasteiger partial charge in [-0.05, 0) is 49.6 Å². The third kappa shape index (κ3) is 3.71. The van der Waals surface area contributed by atoms with Gasteiger partial charge >= 0.3 is 0 Å². The molecule has 1 saturated carbocycles. The predicted octanol–water partition coefficient (Wildman–Crippen LogP) is 3.94. The van der Waals surface area contributed by atoms with E-state index in [-0.39, 0.29) is 29.8 Å². The second kappa shape index (κ2) is 8.17. The topological polar surface area (TPSA) is 69.7 Å². The highest BCUT2D eigenvalue weighted by molar-refractivity contribution is 6.22. The Kier molecular flexibility index (Phi) is 5.22. The molecule has 2 aliphatic heterocycles. The molecule has 2 aromatic carbocycles. The molecule has 6 heteroatoms. The largest absolute Gasteiger partial charge is 0.380 e. The number of carbonyl (C=O) groups is 3. The summed E-state index contributed by atoms with van der Waals surface area (Å²) in [4.78, 5) is 42.3. The van der Waals surface area contributed by atoms with Crippen LogP contribution >= 0.6 is 0 Å². The normalized spacial score (nSPS) is 21.5. The summed E-state index contributed by atoms with van der Waals surface area (Å²) < 4.78 is 0. The van der Waals surface area contributed by atoms with Crippen molar-refractivity contribution in [2.75, 3.05) is 18.4 Å². The number of carbonyl (C=O) groups excluding carboxylic acids is 3. The van der Waals surface area contributed by atoms with Crippen LogP contribution in [0.15, 0.2) is 48.5 Å². The van der Waals surface area contributed by atoms with E-state index < -0.39 is 0 Å². The molecule has 1 aliphatic carbocycles. The molecule has 160 valence electrons. The average molecular weight is 418 g/mol. The maximum atomic E-state index is 13.1. The highest BCUT2D eigenvalue weighted by Gasteiger charge is 2.40.